The SMILES string of the molecule is O=C(NCc1ccc(OCC(F)(F)F)cc1)c1ccc(Br)o1. The molecule has 1 aromatic carbocycles. The number of alkyl halides is 3. The summed E-state index contributed by atoms with van der Waals surface area (Å²) in [5.74, 6) is -0.109. The van der Waals surface area contributed by atoms with Crippen molar-refractivity contribution in [3.05, 3.63) is 52.4 Å². The van der Waals surface area contributed by atoms with Gasteiger partial charge >= 0.3 is 6.18 Å². The van der Waals surface area contributed by atoms with E-state index in [0.29, 0.717) is 4.67 Å². The average Bonchev–Trinajstić information content (AvgIpc) is 2.89. The van der Waals surface area contributed by atoms with Gasteiger partial charge in [-0.25, -0.2) is 0 Å². The molecule has 1 aromatic heterocycles. The van der Waals surface area contributed by atoms with E-state index in [2.05, 4.69) is 26.0 Å². The van der Waals surface area contributed by atoms with Gasteiger partial charge in [0.15, 0.2) is 17.0 Å². The Hall–Kier alpha value is -1.96. The van der Waals surface area contributed by atoms with Crippen molar-refractivity contribution < 1.29 is 27.1 Å². The molecule has 22 heavy (non-hydrogen) atoms. The predicted octanol–water partition coefficient (Wildman–Crippen LogP) is 3.91. The van der Waals surface area contributed by atoms with Crippen LogP contribution in [0.4, 0.5) is 13.2 Å². The third-order valence-electron chi connectivity index (χ3n) is 2.58. The van der Waals surface area contributed by atoms with E-state index < -0.39 is 12.8 Å². The van der Waals surface area contributed by atoms with Crippen molar-refractivity contribution in [1.82, 2.24) is 5.32 Å². The Morgan fingerprint density at radius 1 is 1.18 bits per heavy atom. The van der Waals surface area contributed by atoms with Gasteiger partial charge in [0.2, 0.25) is 0 Å². The third kappa shape index (κ3) is 5.10. The van der Waals surface area contributed by atoms with Crippen LogP contribution in [0.2, 0.25) is 0 Å². The second-order valence-corrected chi connectivity index (χ2v) is 5.12. The summed E-state index contributed by atoms with van der Waals surface area (Å²) in [6.45, 7) is -1.12. The first-order valence-corrected chi connectivity index (χ1v) is 6.95. The summed E-state index contributed by atoms with van der Waals surface area (Å²) in [6.07, 6.45) is -4.37. The number of halogens is 4. The number of ether oxygens (including phenoxy) is 1. The van der Waals surface area contributed by atoms with Crippen LogP contribution in [0.25, 0.3) is 0 Å². The fraction of sp³-hybridized carbons (Fsp3) is 0.214. The summed E-state index contributed by atoms with van der Waals surface area (Å²) in [5, 5.41) is 2.63. The van der Waals surface area contributed by atoms with Gasteiger partial charge in [0.1, 0.15) is 5.75 Å². The first-order valence-electron chi connectivity index (χ1n) is 6.15. The van der Waals surface area contributed by atoms with Crippen molar-refractivity contribution in [1.29, 1.82) is 0 Å². The average molecular weight is 378 g/mol. The first kappa shape index (κ1) is 16.4. The van der Waals surface area contributed by atoms with Crippen molar-refractivity contribution in [3.63, 3.8) is 0 Å². The molecule has 2 aromatic rings. The molecule has 0 atom stereocenters. The minimum atomic E-state index is -4.37. The number of benzene rings is 1. The van der Waals surface area contributed by atoms with Gasteiger partial charge < -0.3 is 14.5 Å². The van der Waals surface area contributed by atoms with Crippen LogP contribution in [0.3, 0.4) is 0 Å². The molecule has 0 saturated carbocycles. The summed E-state index contributed by atoms with van der Waals surface area (Å²) < 4.78 is 46.2. The summed E-state index contributed by atoms with van der Waals surface area (Å²) in [6, 6.07) is 9.09. The van der Waals surface area contributed by atoms with Gasteiger partial charge in [-0.05, 0) is 45.8 Å². The van der Waals surface area contributed by atoms with Crippen LogP contribution in [-0.4, -0.2) is 18.7 Å². The lowest BCUT2D eigenvalue weighted by molar-refractivity contribution is -0.153. The number of hydrogen-bond donors (Lipinski definition) is 1. The van der Waals surface area contributed by atoms with Crippen LogP contribution in [0.15, 0.2) is 45.5 Å². The largest absolute Gasteiger partial charge is 0.484 e. The van der Waals surface area contributed by atoms with E-state index in [4.69, 9.17) is 4.42 Å². The predicted molar refractivity (Wildman–Crippen MR) is 75.6 cm³/mol. The Labute approximate surface area is 132 Å². The fourth-order valence-electron chi connectivity index (χ4n) is 1.57. The van der Waals surface area contributed by atoms with Crippen molar-refractivity contribution in [2.24, 2.45) is 0 Å². The number of nitrogens with one attached hydrogen (secondary N) is 1. The molecule has 0 aliphatic carbocycles. The number of rotatable bonds is 5. The standard InChI is InChI=1S/C14H11BrF3NO3/c15-12-6-5-11(22-12)13(20)19-7-9-1-3-10(4-2-9)21-8-14(16,17)18/h1-6H,7-8H2,(H,19,20). The summed E-state index contributed by atoms with van der Waals surface area (Å²) >= 11 is 3.09. The fourth-order valence-corrected chi connectivity index (χ4v) is 1.88. The van der Waals surface area contributed by atoms with Crippen molar-refractivity contribution in [2.75, 3.05) is 6.61 Å². The molecule has 0 aliphatic rings. The van der Waals surface area contributed by atoms with Gasteiger partial charge in [-0.1, -0.05) is 12.1 Å². The van der Waals surface area contributed by atoms with Crippen LogP contribution in [-0.2, 0) is 6.54 Å². The van der Waals surface area contributed by atoms with E-state index in [-0.39, 0.29) is 24.0 Å². The van der Waals surface area contributed by atoms with Crippen LogP contribution in [0.5, 0.6) is 5.75 Å². The van der Waals surface area contributed by atoms with Gasteiger partial charge in [-0.3, -0.25) is 4.79 Å². The molecule has 0 radical (unpaired) electrons. The highest BCUT2D eigenvalue weighted by Crippen LogP contribution is 2.19. The summed E-state index contributed by atoms with van der Waals surface area (Å²) in [5.41, 5.74) is 0.721. The Morgan fingerprint density at radius 2 is 1.86 bits per heavy atom. The maximum absolute atomic E-state index is 12.0. The smallest absolute Gasteiger partial charge is 0.422 e. The molecule has 8 heteroatoms. The summed E-state index contributed by atoms with van der Waals surface area (Å²) in [7, 11) is 0. The summed E-state index contributed by atoms with van der Waals surface area (Å²) in [4.78, 5) is 11.7. The number of carbonyl (C=O) groups is 1. The van der Waals surface area contributed by atoms with E-state index in [1.807, 2.05) is 0 Å². The first-order chi connectivity index (χ1) is 10.3. The number of hydrogen-bond acceptors (Lipinski definition) is 3. The van der Waals surface area contributed by atoms with Gasteiger partial charge in [-0.2, -0.15) is 13.2 Å². The molecule has 2 rings (SSSR count). The van der Waals surface area contributed by atoms with Crippen LogP contribution >= 0.6 is 15.9 Å². The van der Waals surface area contributed by atoms with E-state index in [0.717, 1.165) is 5.56 Å². The number of amides is 1. The monoisotopic (exact) mass is 377 g/mol. The molecule has 1 amide bonds. The number of carbonyl (C=O) groups excluding carboxylic acids is 1. The topological polar surface area (TPSA) is 51.5 Å². The molecular weight excluding hydrogens is 367 g/mol. The van der Waals surface area contributed by atoms with Gasteiger partial charge in [0, 0.05) is 6.54 Å². The Kier molecular flexibility index (Phi) is 5.12. The zero-order valence-electron chi connectivity index (χ0n) is 11.1. The molecule has 1 heterocycles. The van der Waals surface area contributed by atoms with E-state index >= 15 is 0 Å². The lowest BCUT2D eigenvalue weighted by atomic mass is 10.2. The van der Waals surface area contributed by atoms with Crippen molar-refractivity contribution in [3.8, 4) is 5.75 Å². The number of furan rings is 1. The quantitative estimate of drug-likeness (QED) is 0.859. The Balaban J connectivity index is 1.85. The molecule has 0 fully saturated rings. The Morgan fingerprint density at radius 3 is 2.41 bits per heavy atom. The molecular formula is C14H11BrF3NO3. The minimum Gasteiger partial charge on any atom is -0.484 e. The molecule has 118 valence electrons. The molecule has 0 unspecified atom stereocenters. The highest BCUT2D eigenvalue weighted by molar-refractivity contribution is 9.10. The van der Waals surface area contributed by atoms with Crippen molar-refractivity contribution in [2.45, 2.75) is 12.7 Å². The van der Waals surface area contributed by atoms with Crippen LogP contribution in [0, 0.1) is 0 Å². The van der Waals surface area contributed by atoms with Gasteiger partial charge in [0.05, 0.1) is 0 Å². The zero-order valence-corrected chi connectivity index (χ0v) is 12.7. The second kappa shape index (κ2) is 6.87. The molecule has 4 nitrogen and oxygen atoms in total. The highest BCUT2D eigenvalue weighted by Gasteiger charge is 2.28. The van der Waals surface area contributed by atoms with E-state index in [1.54, 1.807) is 18.2 Å². The lowest BCUT2D eigenvalue weighted by Crippen LogP contribution is -2.22. The zero-order chi connectivity index (χ0) is 16.2. The molecule has 1 N–H and O–H groups in total. The van der Waals surface area contributed by atoms with E-state index in [9.17, 15) is 18.0 Å². The molecule has 0 spiro atoms. The van der Waals surface area contributed by atoms with Crippen LogP contribution < -0.4 is 10.1 Å². The maximum atomic E-state index is 12.0. The molecule has 0 aliphatic heterocycles. The Bertz CT molecular complexity index is 638. The normalized spacial score (nSPS) is 11.3. The van der Waals surface area contributed by atoms with Gasteiger partial charge in [0.25, 0.3) is 5.91 Å². The molecule has 0 bridgehead atoms. The van der Waals surface area contributed by atoms with Crippen molar-refractivity contribution >= 4 is 21.8 Å². The maximum Gasteiger partial charge on any atom is 0.422 e. The van der Waals surface area contributed by atoms with Gasteiger partial charge in [-0.15, -0.1) is 0 Å². The lowest BCUT2D eigenvalue weighted by Gasteiger charge is -2.09. The third-order valence-corrected chi connectivity index (χ3v) is 3.00. The second-order valence-electron chi connectivity index (χ2n) is 4.33. The van der Waals surface area contributed by atoms with Crippen LogP contribution in [0.1, 0.15) is 16.1 Å². The minimum absolute atomic E-state index is 0.113. The highest BCUT2D eigenvalue weighted by atomic mass is 79.9. The molecule has 0 saturated heterocycles. The van der Waals surface area contributed by atoms with E-state index in [1.165, 1.54) is 18.2 Å².